The van der Waals surface area contributed by atoms with Crippen molar-refractivity contribution in [2.24, 2.45) is 0 Å². The molecule has 0 amide bonds. The Balaban J connectivity index is 1.23. The van der Waals surface area contributed by atoms with E-state index >= 15 is 0 Å². The first-order chi connectivity index (χ1) is 45.1. The van der Waals surface area contributed by atoms with Crippen LogP contribution in [0.3, 0.4) is 0 Å². The lowest BCUT2D eigenvalue weighted by Crippen LogP contribution is -2.68. The second-order valence-electron chi connectivity index (χ2n) is 26.4. The lowest BCUT2D eigenvalue weighted by molar-refractivity contribution is -0.399. The number of hydrogen-bond donors (Lipinski definition) is 7. The Labute approximate surface area is 553 Å². The second kappa shape index (κ2) is 39.1. The third-order valence-corrected chi connectivity index (χ3v) is 18.6. The van der Waals surface area contributed by atoms with Gasteiger partial charge in [0, 0.05) is 25.8 Å². The van der Waals surface area contributed by atoms with E-state index in [-0.39, 0.29) is 18.9 Å². The maximum absolute atomic E-state index is 14.5. The van der Waals surface area contributed by atoms with Crippen molar-refractivity contribution in [2.45, 2.75) is 363 Å². The monoisotopic (exact) mass is 1340 g/mol. The average Bonchev–Trinajstić information content (AvgIpc) is 0.775. The van der Waals surface area contributed by atoms with E-state index < -0.39 is 177 Å². The van der Waals surface area contributed by atoms with Gasteiger partial charge in [0.2, 0.25) is 0 Å². The zero-order chi connectivity index (χ0) is 68.0. The first kappa shape index (κ1) is 77.5. The fourth-order valence-electron chi connectivity index (χ4n) is 13.1. The number of carbonyl (C=O) groups excluding carboxylic acids is 4. The fraction of sp³-hybridized carbons (Fsp3) is 0.826. The molecular formula is C69H110O25. The van der Waals surface area contributed by atoms with Crippen molar-refractivity contribution in [3.8, 4) is 0 Å². The van der Waals surface area contributed by atoms with Crippen molar-refractivity contribution in [3.63, 3.8) is 0 Å². The predicted molar refractivity (Wildman–Crippen MR) is 336 cm³/mol. The highest BCUT2D eigenvalue weighted by Crippen LogP contribution is 2.40. The van der Waals surface area contributed by atoms with Crippen molar-refractivity contribution in [1.82, 2.24) is 0 Å². The maximum Gasteiger partial charge on any atom is 0.331 e. The molecule has 25 heteroatoms. The minimum absolute atomic E-state index is 0.0370. The summed E-state index contributed by atoms with van der Waals surface area (Å²) in [6.45, 7) is 13.0. The van der Waals surface area contributed by atoms with Crippen molar-refractivity contribution >= 4 is 30.0 Å². The summed E-state index contributed by atoms with van der Waals surface area (Å²) in [6, 6.07) is 8.86. The molecule has 6 fully saturated rings. The molecule has 1 aromatic carbocycles. The molecule has 94 heavy (non-hydrogen) atoms. The standard InChI is InChI=1S/C69H110O25/c1-9-11-13-14-15-16-19-22-30-36-48(72)90-64-63(94-65-54(78)52(76)50(74)39(3)81-65)59(92-66-56(80)60(58(42(6)83-66)86-44(8)70)88-49(73)38-37-45-31-26-24-27-32-45)43(7)85-69(64)91-57-41(5)84-68-62(55(57)79)89-47(71)35-29-23-20-17-18-21-28-34-46(33-25-12-10-2)87-67-61(93-68)53(77)51(75)40(4)82-67/h24,26-27,31-32,37-43,46,50-69,74-80H,9-23,25,28-30,33-36H2,1-8H3/t39-,40+,41-,42-,43-,46-,50-,51-,52+,53-,54+,55+,56+,57-,58-,59-,60-,61+,62+,63+,64+,65-,66-,67-,68-,69-/m0/s1. The predicted octanol–water partition coefficient (Wildman–Crippen LogP) is 6.57. The largest absolute Gasteiger partial charge is 0.456 e. The molecule has 6 saturated heterocycles. The van der Waals surface area contributed by atoms with Gasteiger partial charge in [0.25, 0.3) is 0 Å². The topological polar surface area (TPSA) is 339 Å². The molecule has 0 radical (unpaired) electrons. The maximum atomic E-state index is 14.5. The number of benzene rings is 1. The van der Waals surface area contributed by atoms with Crippen molar-refractivity contribution in [2.75, 3.05) is 0 Å². The van der Waals surface area contributed by atoms with Gasteiger partial charge in [-0.15, -0.1) is 0 Å². The van der Waals surface area contributed by atoms with E-state index in [4.69, 9.17) is 66.3 Å². The second-order valence-corrected chi connectivity index (χ2v) is 26.4. The minimum Gasteiger partial charge on any atom is -0.456 e. The number of unbranched alkanes of at least 4 members (excludes halogenated alkanes) is 10. The summed E-state index contributed by atoms with van der Waals surface area (Å²) in [5.74, 6) is -3.17. The van der Waals surface area contributed by atoms with E-state index in [1.807, 2.05) is 0 Å². The van der Waals surface area contributed by atoms with Gasteiger partial charge in [-0.3, -0.25) is 14.4 Å². The quantitative estimate of drug-likeness (QED) is 0.0235. The number of fused-ring (bicyclic) bond motifs is 2. The highest BCUT2D eigenvalue weighted by Gasteiger charge is 2.59. The van der Waals surface area contributed by atoms with Gasteiger partial charge in [-0.2, -0.15) is 0 Å². The Morgan fingerprint density at radius 1 is 0.479 bits per heavy atom. The Hall–Kier alpha value is -3.84. The van der Waals surface area contributed by atoms with Crippen LogP contribution in [0.1, 0.15) is 209 Å². The number of hydrogen-bond acceptors (Lipinski definition) is 25. The first-order valence-corrected chi connectivity index (χ1v) is 34.9. The summed E-state index contributed by atoms with van der Waals surface area (Å²) < 4.78 is 88.8. The average molecular weight is 1340 g/mol. The summed E-state index contributed by atoms with van der Waals surface area (Å²) >= 11 is 0. The molecule has 1 aromatic rings. The summed E-state index contributed by atoms with van der Waals surface area (Å²) in [5, 5.41) is 81.7. The van der Waals surface area contributed by atoms with Gasteiger partial charge in [0.15, 0.2) is 55.9 Å². The molecule has 6 aliphatic rings. The fourth-order valence-corrected chi connectivity index (χ4v) is 13.1. The summed E-state index contributed by atoms with van der Waals surface area (Å²) in [6.07, 6.45) is -17.9. The van der Waals surface area contributed by atoms with Crippen LogP contribution in [0.15, 0.2) is 36.4 Å². The Morgan fingerprint density at radius 2 is 1.02 bits per heavy atom. The lowest BCUT2D eigenvalue weighted by atomic mass is 9.95. The molecule has 0 aromatic heterocycles. The van der Waals surface area contributed by atoms with Gasteiger partial charge in [0.05, 0.1) is 36.6 Å². The van der Waals surface area contributed by atoms with E-state index in [9.17, 15) is 54.9 Å². The smallest absolute Gasteiger partial charge is 0.331 e. The molecule has 0 bridgehead atoms. The molecule has 25 nitrogen and oxygen atoms in total. The number of carbonyl (C=O) groups is 4. The Morgan fingerprint density at radius 3 is 1.71 bits per heavy atom. The SMILES string of the molecule is CCCCCCCCCCCC(=O)O[C@H]1[C@H](O[C@@H]2[C@@H](O)[C@H]3OC(=O)CCCCCCCCC[C@H](CCCCC)O[C@@H]4O[C@H](C)[C@H](O)[C@H](O)[C@H]4O[C@@H]3O[C@H]2C)O[C@@H](C)[C@H](O[C@@H]2O[C@@H](C)[C@H](OC(C)=O)[C@@H](OC(=O)C=Cc3ccccc3)[C@H]2O)[C@H]1O[C@@H]1O[C@@H](C)[C@H](O)[C@@H](O)[C@H]1O. The summed E-state index contributed by atoms with van der Waals surface area (Å²) in [5.41, 5.74) is 0.663. The number of rotatable bonds is 25. The Kier molecular flexibility index (Phi) is 32.2. The van der Waals surface area contributed by atoms with Crippen molar-refractivity contribution in [3.05, 3.63) is 42.0 Å². The van der Waals surface area contributed by atoms with E-state index in [1.165, 1.54) is 33.8 Å². The number of esters is 4. The number of aliphatic hydroxyl groups is 7. The molecule has 26 atom stereocenters. The zero-order valence-corrected chi connectivity index (χ0v) is 56.3. The minimum atomic E-state index is -1.94. The Bertz CT molecular complexity index is 2420. The van der Waals surface area contributed by atoms with Gasteiger partial charge in [-0.1, -0.05) is 153 Å². The van der Waals surface area contributed by atoms with Crippen LogP contribution in [0, 0.1) is 0 Å². The summed E-state index contributed by atoms with van der Waals surface area (Å²) in [7, 11) is 0. The van der Waals surface area contributed by atoms with Crippen LogP contribution in [0.2, 0.25) is 0 Å². The van der Waals surface area contributed by atoms with Crippen molar-refractivity contribution < 1.29 is 121 Å². The lowest BCUT2D eigenvalue weighted by Gasteiger charge is -2.51. The van der Waals surface area contributed by atoms with Crippen molar-refractivity contribution in [1.29, 1.82) is 0 Å². The van der Waals surface area contributed by atoms with Crippen LogP contribution in [-0.4, -0.2) is 219 Å². The van der Waals surface area contributed by atoms with Gasteiger partial charge in [0.1, 0.15) is 67.1 Å². The normalized spacial score (nSPS) is 39.0. The van der Waals surface area contributed by atoms with Crippen LogP contribution in [0.25, 0.3) is 6.08 Å². The number of ether oxygens (including phenoxy) is 14. The van der Waals surface area contributed by atoms with E-state index in [0.717, 1.165) is 116 Å². The molecular weight excluding hydrogens is 1230 g/mol. The van der Waals surface area contributed by atoms with Crippen LogP contribution < -0.4 is 0 Å². The molecule has 7 N–H and O–H groups in total. The summed E-state index contributed by atoms with van der Waals surface area (Å²) in [4.78, 5) is 54.5. The molecule has 6 heterocycles. The molecule has 6 aliphatic heterocycles. The molecule has 0 unspecified atom stereocenters. The van der Waals surface area contributed by atoms with E-state index in [1.54, 1.807) is 37.3 Å². The van der Waals surface area contributed by atoms with Gasteiger partial charge in [-0.25, -0.2) is 4.79 Å². The van der Waals surface area contributed by atoms with Crippen LogP contribution in [0.5, 0.6) is 0 Å². The van der Waals surface area contributed by atoms with Crippen LogP contribution >= 0.6 is 0 Å². The highest BCUT2D eigenvalue weighted by molar-refractivity contribution is 5.87. The third-order valence-electron chi connectivity index (χ3n) is 18.6. The zero-order valence-electron chi connectivity index (χ0n) is 56.3. The first-order valence-electron chi connectivity index (χ1n) is 34.9. The van der Waals surface area contributed by atoms with E-state index in [2.05, 4.69) is 13.8 Å². The van der Waals surface area contributed by atoms with Crippen LogP contribution in [0.4, 0.5) is 0 Å². The number of aliphatic hydroxyl groups excluding tert-OH is 7. The molecule has 0 saturated carbocycles. The van der Waals surface area contributed by atoms with Gasteiger partial charge >= 0.3 is 23.9 Å². The molecule has 536 valence electrons. The van der Waals surface area contributed by atoms with E-state index in [0.29, 0.717) is 37.7 Å². The van der Waals surface area contributed by atoms with Gasteiger partial charge < -0.3 is 102 Å². The van der Waals surface area contributed by atoms with Gasteiger partial charge in [-0.05, 0) is 71.9 Å². The molecule has 0 aliphatic carbocycles. The molecule has 0 spiro atoms. The highest BCUT2D eigenvalue weighted by atomic mass is 16.8. The molecule has 7 rings (SSSR count). The third kappa shape index (κ3) is 22.3. The van der Waals surface area contributed by atoms with Crippen LogP contribution in [-0.2, 0) is 85.5 Å².